The van der Waals surface area contributed by atoms with Crippen LogP contribution < -0.4 is 9.46 Å². The van der Waals surface area contributed by atoms with Gasteiger partial charge in [-0.2, -0.15) is 21.6 Å². The molecule has 0 amide bonds. The summed E-state index contributed by atoms with van der Waals surface area (Å²) in [5, 5.41) is 9.96. The Morgan fingerprint density at radius 2 is 1.90 bits per heavy atom. The minimum Gasteiger partial charge on any atom is -0.495 e. The summed E-state index contributed by atoms with van der Waals surface area (Å²) >= 11 is 0.907. The van der Waals surface area contributed by atoms with Crippen molar-refractivity contribution in [2.75, 3.05) is 11.8 Å². The average Bonchev–Trinajstić information content (AvgIpc) is 3.36. The number of alkyl halides is 3. The topological polar surface area (TPSA) is 106 Å². The Morgan fingerprint density at radius 1 is 1.21 bits per heavy atom. The number of aromatic carboxylic acids is 1. The van der Waals surface area contributed by atoms with Gasteiger partial charge >= 0.3 is 12.1 Å². The number of nitrogens with zero attached hydrogens (tertiary/aromatic N) is 1. The number of aromatic nitrogens is 1. The van der Waals surface area contributed by atoms with Crippen LogP contribution in [-0.4, -0.2) is 37.8 Å². The molecule has 4 rings (SSSR count). The van der Waals surface area contributed by atoms with Gasteiger partial charge in [0.05, 0.1) is 24.3 Å². The number of anilines is 1. The molecular weight excluding hydrogens is 567 g/mol. The number of thiazole rings is 1. The van der Waals surface area contributed by atoms with Crippen LogP contribution in [0.5, 0.6) is 5.75 Å². The van der Waals surface area contributed by atoms with E-state index in [1.165, 1.54) is 30.5 Å². The first-order chi connectivity index (χ1) is 18.2. The van der Waals surface area contributed by atoms with Gasteiger partial charge in [0.25, 0.3) is 10.0 Å². The van der Waals surface area contributed by atoms with E-state index in [4.69, 9.17) is 9.84 Å². The summed E-state index contributed by atoms with van der Waals surface area (Å²) in [5.74, 6) is -5.09. The van der Waals surface area contributed by atoms with Gasteiger partial charge in [0.15, 0.2) is 5.03 Å². The van der Waals surface area contributed by atoms with Crippen LogP contribution in [0.15, 0.2) is 40.7 Å². The van der Waals surface area contributed by atoms with Crippen molar-refractivity contribution < 1.29 is 45.0 Å². The highest BCUT2D eigenvalue weighted by Gasteiger charge is 2.40. The molecule has 1 aromatic heterocycles. The third-order valence-corrected chi connectivity index (χ3v) is 8.63. The molecule has 1 aliphatic rings. The molecule has 0 radical (unpaired) electrons. The lowest BCUT2D eigenvalue weighted by atomic mass is 9.85. The number of carboxylic acids is 1. The minimum absolute atomic E-state index is 0.0721. The van der Waals surface area contributed by atoms with Crippen molar-refractivity contribution in [3.63, 3.8) is 0 Å². The van der Waals surface area contributed by atoms with Crippen molar-refractivity contribution in [2.24, 2.45) is 5.92 Å². The van der Waals surface area contributed by atoms with Crippen LogP contribution >= 0.6 is 11.3 Å². The summed E-state index contributed by atoms with van der Waals surface area (Å²) in [4.78, 5) is 15.2. The molecule has 2 N–H and O–H groups in total. The highest BCUT2D eigenvalue weighted by molar-refractivity contribution is 7.92. The first-order valence-electron chi connectivity index (χ1n) is 11.4. The number of sulfonamides is 1. The van der Waals surface area contributed by atoms with E-state index in [0.717, 1.165) is 24.5 Å². The molecule has 0 aliphatic heterocycles. The predicted molar refractivity (Wildman–Crippen MR) is 134 cm³/mol. The van der Waals surface area contributed by atoms with E-state index in [2.05, 4.69) is 9.71 Å². The fourth-order valence-corrected chi connectivity index (χ4v) is 6.45. The Bertz CT molecular complexity index is 1580. The molecule has 1 aliphatic carbocycles. The van der Waals surface area contributed by atoms with E-state index in [-0.39, 0.29) is 46.8 Å². The third-order valence-electron chi connectivity index (χ3n) is 6.36. The summed E-state index contributed by atoms with van der Waals surface area (Å²) in [5.41, 5.74) is 0.0315. The quantitative estimate of drug-likeness (QED) is 0.300. The number of carboxylic acid groups (broad SMARTS) is 1. The van der Waals surface area contributed by atoms with Crippen LogP contribution in [0, 0.1) is 24.5 Å². The number of nitrogens with one attached hydrogen (secondary N) is 1. The number of benzene rings is 2. The largest absolute Gasteiger partial charge is 0.495 e. The van der Waals surface area contributed by atoms with Crippen LogP contribution in [-0.2, 0) is 10.0 Å². The number of rotatable bonds is 7. The van der Waals surface area contributed by atoms with E-state index in [9.17, 15) is 30.8 Å². The zero-order chi connectivity index (χ0) is 28.7. The van der Waals surface area contributed by atoms with Gasteiger partial charge in [0, 0.05) is 22.6 Å². The van der Waals surface area contributed by atoms with Gasteiger partial charge < -0.3 is 9.84 Å². The average molecular weight is 589 g/mol. The fraction of sp³-hybridized carbons (Fsp3) is 0.280. The van der Waals surface area contributed by atoms with Crippen molar-refractivity contribution in [1.82, 2.24) is 4.98 Å². The van der Waals surface area contributed by atoms with Gasteiger partial charge in [-0.3, -0.25) is 4.72 Å². The first-order valence-corrected chi connectivity index (χ1v) is 13.7. The first kappa shape index (κ1) is 28.5. The molecule has 39 heavy (non-hydrogen) atoms. The SMILES string of the molecule is COc1cc(C(=O)O)c(F)cc1NS(=O)(=O)c1csc(-c2ccc(C3=CCC(C(F)(F)F)CC3)c(F)c2C)n1. The molecule has 0 bridgehead atoms. The molecule has 0 fully saturated rings. The molecule has 0 saturated heterocycles. The number of methoxy groups -OCH3 is 1. The van der Waals surface area contributed by atoms with E-state index in [1.54, 1.807) is 0 Å². The van der Waals surface area contributed by atoms with Gasteiger partial charge in [-0.05, 0) is 43.4 Å². The monoisotopic (exact) mass is 588 g/mol. The zero-order valence-corrected chi connectivity index (χ0v) is 22.0. The van der Waals surface area contributed by atoms with Gasteiger partial charge in [-0.15, -0.1) is 11.3 Å². The van der Waals surface area contributed by atoms with Crippen LogP contribution in [0.2, 0.25) is 0 Å². The van der Waals surface area contributed by atoms with Crippen LogP contribution in [0.4, 0.5) is 27.6 Å². The number of hydrogen-bond acceptors (Lipinski definition) is 6. The second-order valence-electron chi connectivity index (χ2n) is 8.78. The maximum Gasteiger partial charge on any atom is 0.392 e. The lowest BCUT2D eigenvalue weighted by Gasteiger charge is -2.24. The molecule has 7 nitrogen and oxygen atoms in total. The minimum atomic E-state index is -4.39. The molecule has 3 aromatic rings. The fourth-order valence-electron chi connectivity index (χ4n) is 4.21. The predicted octanol–water partition coefficient (Wildman–Crippen LogP) is 6.65. The molecule has 2 aromatic carbocycles. The smallest absolute Gasteiger partial charge is 0.392 e. The maximum atomic E-state index is 15.3. The third kappa shape index (κ3) is 5.76. The maximum absolute atomic E-state index is 15.3. The van der Waals surface area contributed by atoms with Crippen molar-refractivity contribution in [1.29, 1.82) is 0 Å². The standard InChI is InChI=1S/C25H21F5N2O5S2/c1-12-15(7-8-16(22(12)27)13-3-5-14(6-4-13)25(28,29)30)23-31-21(11-38-23)39(35,36)32-19-10-18(26)17(24(33)34)9-20(19)37-2/h3,7-11,14,32H,4-6H2,1-2H3,(H,33,34). The van der Waals surface area contributed by atoms with E-state index >= 15 is 4.39 Å². The Balaban J connectivity index is 1.60. The van der Waals surface area contributed by atoms with Crippen molar-refractivity contribution in [3.8, 4) is 16.3 Å². The van der Waals surface area contributed by atoms with E-state index < -0.39 is 50.3 Å². The second-order valence-corrected chi connectivity index (χ2v) is 11.3. The highest BCUT2D eigenvalue weighted by atomic mass is 32.2. The number of carbonyl (C=O) groups is 1. The van der Waals surface area contributed by atoms with Gasteiger partial charge in [0.1, 0.15) is 22.4 Å². The lowest BCUT2D eigenvalue weighted by molar-refractivity contribution is -0.175. The molecule has 208 valence electrons. The number of allylic oxidation sites excluding steroid dienone is 2. The Morgan fingerprint density at radius 3 is 2.49 bits per heavy atom. The Labute approximate surface area is 224 Å². The molecule has 0 spiro atoms. The number of halogens is 5. The number of hydrogen-bond donors (Lipinski definition) is 2. The second kappa shape index (κ2) is 10.6. The summed E-state index contributed by atoms with van der Waals surface area (Å²) in [6.45, 7) is 1.46. The molecular formula is C25H21F5N2O5S2. The summed E-state index contributed by atoms with van der Waals surface area (Å²) in [6, 6.07) is 4.46. The summed E-state index contributed by atoms with van der Waals surface area (Å²) in [7, 11) is -3.24. The Hall–Kier alpha value is -3.52. The summed E-state index contributed by atoms with van der Waals surface area (Å²) in [6.07, 6.45) is -3.20. The molecule has 1 heterocycles. The highest BCUT2D eigenvalue weighted by Crippen LogP contribution is 2.41. The molecule has 1 unspecified atom stereocenters. The molecule has 0 saturated carbocycles. The van der Waals surface area contributed by atoms with Crippen molar-refractivity contribution in [3.05, 3.63) is 64.0 Å². The van der Waals surface area contributed by atoms with Crippen molar-refractivity contribution >= 4 is 38.6 Å². The number of ether oxygens (including phenoxy) is 1. The van der Waals surface area contributed by atoms with E-state index in [0.29, 0.717) is 17.2 Å². The van der Waals surface area contributed by atoms with E-state index in [1.807, 2.05) is 0 Å². The van der Waals surface area contributed by atoms with Crippen LogP contribution in [0.3, 0.4) is 0 Å². The van der Waals surface area contributed by atoms with Crippen LogP contribution in [0.1, 0.15) is 40.7 Å². The molecule has 14 heteroatoms. The van der Waals surface area contributed by atoms with Gasteiger partial charge in [0.2, 0.25) is 0 Å². The van der Waals surface area contributed by atoms with Gasteiger partial charge in [-0.25, -0.2) is 18.6 Å². The molecule has 1 atom stereocenters. The zero-order valence-electron chi connectivity index (χ0n) is 20.4. The normalized spacial score (nSPS) is 16.1. The lowest BCUT2D eigenvalue weighted by Crippen LogP contribution is -2.24. The van der Waals surface area contributed by atoms with Crippen molar-refractivity contribution in [2.45, 2.75) is 37.4 Å². The van der Waals surface area contributed by atoms with Gasteiger partial charge in [-0.1, -0.05) is 18.2 Å². The Kier molecular flexibility index (Phi) is 7.72. The van der Waals surface area contributed by atoms with Crippen LogP contribution in [0.25, 0.3) is 16.1 Å². The summed E-state index contributed by atoms with van der Waals surface area (Å²) < 4.78 is 101.